The topological polar surface area (TPSA) is 61.1 Å². The Balaban J connectivity index is 3.39. The molecule has 6 heteroatoms. The lowest BCUT2D eigenvalue weighted by Crippen LogP contribution is -1.95. The van der Waals surface area contributed by atoms with Crippen molar-refractivity contribution in [1.29, 1.82) is 5.26 Å². The Morgan fingerprint density at radius 2 is 2.23 bits per heavy atom. The van der Waals surface area contributed by atoms with Gasteiger partial charge in [0.25, 0.3) is 0 Å². The third kappa shape index (κ3) is 2.12. The lowest BCUT2D eigenvalue weighted by molar-refractivity contribution is 0.544. The maximum absolute atomic E-state index is 12.9. The molecule has 1 N–H and O–H groups in total. The standard InChI is InChI=1S/C7H3BrFNO2S/c8-5-2-7(13(11)12)6(9)1-4(5)3-10/h1-2H,(H,11,12). The summed E-state index contributed by atoms with van der Waals surface area (Å²) in [7, 11) is 0. The SMILES string of the molecule is N#Cc1cc(F)c(S(=O)O)cc1Br. The largest absolute Gasteiger partial charge is 0.302 e. The van der Waals surface area contributed by atoms with Crippen LogP contribution < -0.4 is 0 Å². The van der Waals surface area contributed by atoms with Crippen molar-refractivity contribution in [3.05, 3.63) is 28.0 Å². The lowest BCUT2D eigenvalue weighted by Gasteiger charge is -2.00. The van der Waals surface area contributed by atoms with Gasteiger partial charge in [-0.3, -0.25) is 0 Å². The summed E-state index contributed by atoms with van der Waals surface area (Å²) in [5, 5.41) is 8.49. The van der Waals surface area contributed by atoms with E-state index in [1.165, 1.54) is 0 Å². The van der Waals surface area contributed by atoms with Crippen LogP contribution in [-0.4, -0.2) is 8.76 Å². The van der Waals surface area contributed by atoms with Crippen LogP contribution in [0.2, 0.25) is 0 Å². The predicted octanol–water partition coefficient (Wildman–Crippen LogP) is 2.04. The number of halogens is 2. The molecule has 0 amide bonds. The number of benzene rings is 1. The summed E-state index contributed by atoms with van der Waals surface area (Å²) in [5.74, 6) is -0.861. The molecule has 0 saturated heterocycles. The second-order valence-electron chi connectivity index (χ2n) is 2.12. The third-order valence-corrected chi connectivity index (χ3v) is 2.68. The molecule has 3 nitrogen and oxygen atoms in total. The van der Waals surface area contributed by atoms with Crippen LogP contribution in [0.15, 0.2) is 21.5 Å². The third-order valence-electron chi connectivity index (χ3n) is 1.33. The summed E-state index contributed by atoms with van der Waals surface area (Å²) in [6.07, 6.45) is 0. The van der Waals surface area contributed by atoms with Crippen LogP contribution in [0, 0.1) is 17.1 Å². The minimum absolute atomic E-state index is 0.0895. The van der Waals surface area contributed by atoms with Crippen LogP contribution in [0.25, 0.3) is 0 Å². The number of nitriles is 1. The normalized spacial score (nSPS) is 12.2. The van der Waals surface area contributed by atoms with E-state index in [1.54, 1.807) is 6.07 Å². The van der Waals surface area contributed by atoms with Crippen molar-refractivity contribution in [2.45, 2.75) is 4.90 Å². The highest BCUT2D eigenvalue weighted by Gasteiger charge is 2.11. The molecule has 68 valence electrons. The van der Waals surface area contributed by atoms with Crippen molar-refractivity contribution < 1.29 is 13.2 Å². The molecule has 13 heavy (non-hydrogen) atoms. The highest BCUT2D eigenvalue weighted by atomic mass is 79.9. The fourth-order valence-corrected chi connectivity index (χ4v) is 1.78. The van der Waals surface area contributed by atoms with Gasteiger partial charge in [0.15, 0.2) is 11.1 Å². The zero-order chi connectivity index (χ0) is 10.0. The summed E-state index contributed by atoms with van der Waals surface area (Å²) in [6, 6.07) is 3.76. The van der Waals surface area contributed by atoms with Crippen molar-refractivity contribution in [2.75, 3.05) is 0 Å². The zero-order valence-electron chi connectivity index (χ0n) is 6.12. The Kier molecular flexibility index (Phi) is 3.14. The fraction of sp³-hybridized carbons (Fsp3) is 0. The molecule has 0 spiro atoms. The maximum Gasteiger partial charge on any atom is 0.189 e. The molecule has 1 atom stereocenters. The van der Waals surface area contributed by atoms with Gasteiger partial charge >= 0.3 is 0 Å². The summed E-state index contributed by atoms with van der Waals surface area (Å²) in [5.41, 5.74) is 0.0895. The van der Waals surface area contributed by atoms with Crippen LogP contribution in [0.5, 0.6) is 0 Å². The summed E-state index contributed by atoms with van der Waals surface area (Å²) < 4.78 is 32.4. The Morgan fingerprint density at radius 3 is 2.69 bits per heavy atom. The second-order valence-corrected chi connectivity index (χ2v) is 3.92. The van der Waals surface area contributed by atoms with Crippen molar-refractivity contribution in [2.24, 2.45) is 0 Å². The molecule has 1 rings (SSSR count). The van der Waals surface area contributed by atoms with Gasteiger partial charge in [-0.2, -0.15) is 5.26 Å². The van der Waals surface area contributed by atoms with Crippen molar-refractivity contribution in [3.8, 4) is 6.07 Å². The van der Waals surface area contributed by atoms with Crippen molar-refractivity contribution in [1.82, 2.24) is 0 Å². The Hall–Kier alpha value is -0.770. The van der Waals surface area contributed by atoms with Gasteiger partial charge in [-0.15, -0.1) is 0 Å². The molecule has 0 fully saturated rings. The van der Waals surface area contributed by atoms with Crippen molar-refractivity contribution in [3.63, 3.8) is 0 Å². The second kappa shape index (κ2) is 3.96. The monoisotopic (exact) mass is 263 g/mol. The molecule has 1 unspecified atom stereocenters. The van der Waals surface area contributed by atoms with E-state index in [0.717, 1.165) is 12.1 Å². The molecule has 0 bridgehead atoms. The molecule has 0 saturated carbocycles. The first kappa shape index (κ1) is 10.3. The summed E-state index contributed by atoms with van der Waals surface area (Å²) in [6.45, 7) is 0. The summed E-state index contributed by atoms with van der Waals surface area (Å²) >= 11 is 0.600. The van der Waals surface area contributed by atoms with Crippen LogP contribution in [0.1, 0.15) is 5.56 Å². The number of rotatable bonds is 1. The molecular formula is C7H3BrFNO2S. The molecule has 0 aliphatic rings. The first-order valence-corrected chi connectivity index (χ1v) is 4.96. The minimum Gasteiger partial charge on any atom is -0.302 e. The average molecular weight is 264 g/mol. The van der Waals surface area contributed by atoms with Gasteiger partial charge in [-0.1, -0.05) is 0 Å². The highest BCUT2D eigenvalue weighted by molar-refractivity contribution is 9.10. The van der Waals surface area contributed by atoms with Gasteiger partial charge in [0.1, 0.15) is 16.8 Å². The molecule has 0 aromatic heterocycles. The zero-order valence-corrected chi connectivity index (χ0v) is 8.52. The van der Waals surface area contributed by atoms with E-state index in [1.807, 2.05) is 0 Å². The van der Waals surface area contributed by atoms with Gasteiger partial charge in [0, 0.05) is 4.47 Å². The molecule has 0 aliphatic carbocycles. The van der Waals surface area contributed by atoms with Gasteiger partial charge in [0.05, 0.1) is 5.56 Å². The smallest absolute Gasteiger partial charge is 0.189 e. The Bertz CT molecular complexity index is 416. The minimum atomic E-state index is -2.38. The first-order chi connectivity index (χ1) is 6.06. The van der Waals surface area contributed by atoms with Gasteiger partial charge < -0.3 is 4.55 Å². The van der Waals surface area contributed by atoms with E-state index in [2.05, 4.69) is 15.9 Å². The van der Waals surface area contributed by atoms with E-state index < -0.39 is 16.9 Å². The number of nitrogens with zero attached hydrogens (tertiary/aromatic N) is 1. The van der Waals surface area contributed by atoms with E-state index >= 15 is 0 Å². The molecule has 1 aromatic carbocycles. The van der Waals surface area contributed by atoms with Gasteiger partial charge in [-0.25, -0.2) is 8.60 Å². The quantitative estimate of drug-likeness (QED) is 0.789. The summed E-state index contributed by atoms with van der Waals surface area (Å²) in [4.78, 5) is -0.342. The lowest BCUT2D eigenvalue weighted by atomic mass is 10.2. The Morgan fingerprint density at radius 1 is 1.62 bits per heavy atom. The van der Waals surface area contributed by atoms with Gasteiger partial charge in [0.2, 0.25) is 0 Å². The van der Waals surface area contributed by atoms with E-state index in [9.17, 15) is 8.60 Å². The average Bonchev–Trinajstić information content (AvgIpc) is 2.07. The first-order valence-electron chi connectivity index (χ1n) is 3.06. The van der Waals surface area contributed by atoms with Crippen LogP contribution >= 0.6 is 15.9 Å². The van der Waals surface area contributed by atoms with Crippen molar-refractivity contribution >= 4 is 27.0 Å². The molecule has 1 aromatic rings. The maximum atomic E-state index is 12.9. The highest BCUT2D eigenvalue weighted by Crippen LogP contribution is 2.22. The molecular weight excluding hydrogens is 261 g/mol. The van der Waals surface area contributed by atoms with E-state index in [0.29, 0.717) is 4.47 Å². The Labute approximate surface area is 84.6 Å². The van der Waals surface area contributed by atoms with E-state index in [4.69, 9.17) is 9.81 Å². The number of hydrogen-bond donors (Lipinski definition) is 1. The van der Waals surface area contributed by atoms with E-state index in [-0.39, 0.29) is 10.5 Å². The van der Waals surface area contributed by atoms with Crippen LogP contribution in [-0.2, 0) is 11.1 Å². The fourth-order valence-electron chi connectivity index (χ4n) is 0.748. The predicted molar refractivity (Wildman–Crippen MR) is 47.9 cm³/mol. The molecule has 0 radical (unpaired) electrons. The van der Waals surface area contributed by atoms with Gasteiger partial charge in [-0.05, 0) is 28.1 Å². The molecule has 0 aliphatic heterocycles. The molecule has 0 heterocycles. The number of hydrogen-bond acceptors (Lipinski definition) is 2. The van der Waals surface area contributed by atoms with Crippen LogP contribution in [0.3, 0.4) is 0 Å². The van der Waals surface area contributed by atoms with Crippen LogP contribution in [0.4, 0.5) is 4.39 Å².